The van der Waals surface area contributed by atoms with Gasteiger partial charge in [0, 0.05) is 35.8 Å². The van der Waals surface area contributed by atoms with Crippen molar-refractivity contribution < 1.29 is 13.9 Å². The first-order valence-electron chi connectivity index (χ1n) is 8.93. The fourth-order valence-electron chi connectivity index (χ4n) is 3.38. The minimum atomic E-state index is -0.0663. The second-order valence-electron chi connectivity index (χ2n) is 6.61. The highest BCUT2D eigenvalue weighted by molar-refractivity contribution is 5.92. The summed E-state index contributed by atoms with van der Waals surface area (Å²) in [5.41, 5.74) is 0.347. The van der Waals surface area contributed by atoms with Crippen LogP contribution in [-0.2, 0) is 6.61 Å². The molecule has 6 heteroatoms. The Morgan fingerprint density at radius 3 is 3.15 bits per heavy atom. The van der Waals surface area contributed by atoms with Gasteiger partial charge in [-0.15, -0.1) is 0 Å². The van der Waals surface area contributed by atoms with Crippen molar-refractivity contribution in [2.75, 3.05) is 6.54 Å². The van der Waals surface area contributed by atoms with Crippen molar-refractivity contribution in [2.24, 2.45) is 0 Å². The summed E-state index contributed by atoms with van der Waals surface area (Å²) in [5.74, 6) is 1.06. The number of ether oxygens (including phenoxy) is 1. The number of oxazole rings is 1. The van der Waals surface area contributed by atoms with Crippen molar-refractivity contribution in [1.82, 2.24) is 14.9 Å². The molecule has 1 amide bonds. The zero-order valence-corrected chi connectivity index (χ0v) is 14.7. The average molecular weight is 351 g/mol. The molecule has 6 nitrogen and oxygen atoms in total. The molecule has 1 aliphatic heterocycles. The standard InChI is InChI=1S/C20H21N3O3/c1-14-5-2-3-10-23(14)20(24)17-12-26-19(22-17)13-25-18-7-4-6-15-11-21-9-8-16(15)18/h4,6-9,11-12,14H,2-3,5,10,13H2,1H3. The molecular formula is C20H21N3O3. The SMILES string of the molecule is CC1CCCCN1C(=O)c1coc(COc2cccc3cnccc23)n1. The summed E-state index contributed by atoms with van der Waals surface area (Å²) in [4.78, 5) is 22.9. The molecule has 26 heavy (non-hydrogen) atoms. The van der Waals surface area contributed by atoms with Gasteiger partial charge in [0.1, 0.15) is 12.0 Å². The van der Waals surface area contributed by atoms with Crippen molar-refractivity contribution in [2.45, 2.75) is 38.8 Å². The number of hydrogen-bond acceptors (Lipinski definition) is 5. The molecule has 0 radical (unpaired) electrons. The molecule has 1 aromatic carbocycles. The van der Waals surface area contributed by atoms with Gasteiger partial charge in [-0.05, 0) is 38.3 Å². The van der Waals surface area contributed by atoms with Gasteiger partial charge in [-0.1, -0.05) is 12.1 Å². The molecule has 0 N–H and O–H groups in total. The van der Waals surface area contributed by atoms with Gasteiger partial charge in [0.15, 0.2) is 12.3 Å². The highest BCUT2D eigenvalue weighted by Crippen LogP contribution is 2.25. The summed E-state index contributed by atoms with van der Waals surface area (Å²) in [7, 11) is 0. The summed E-state index contributed by atoms with van der Waals surface area (Å²) in [6.45, 7) is 3.03. The lowest BCUT2D eigenvalue weighted by molar-refractivity contribution is 0.0629. The third-order valence-electron chi connectivity index (χ3n) is 4.83. The molecule has 0 bridgehead atoms. The summed E-state index contributed by atoms with van der Waals surface area (Å²) in [6, 6.07) is 7.95. The van der Waals surface area contributed by atoms with E-state index in [0.29, 0.717) is 11.6 Å². The maximum absolute atomic E-state index is 12.6. The van der Waals surface area contributed by atoms with Gasteiger partial charge in [0.05, 0.1) is 0 Å². The van der Waals surface area contributed by atoms with E-state index in [0.717, 1.165) is 35.9 Å². The van der Waals surface area contributed by atoms with Crippen molar-refractivity contribution in [3.05, 3.63) is 54.5 Å². The first-order valence-corrected chi connectivity index (χ1v) is 8.93. The van der Waals surface area contributed by atoms with E-state index < -0.39 is 0 Å². The normalized spacial score (nSPS) is 17.4. The van der Waals surface area contributed by atoms with E-state index in [2.05, 4.69) is 16.9 Å². The molecule has 2 aromatic heterocycles. The van der Waals surface area contributed by atoms with Gasteiger partial charge in [-0.25, -0.2) is 4.98 Å². The summed E-state index contributed by atoms with van der Waals surface area (Å²) >= 11 is 0. The molecule has 0 spiro atoms. The summed E-state index contributed by atoms with van der Waals surface area (Å²) < 4.78 is 11.3. The Labute approximate surface area is 151 Å². The van der Waals surface area contributed by atoms with Crippen LogP contribution in [0.15, 0.2) is 47.3 Å². The second kappa shape index (κ2) is 7.15. The van der Waals surface area contributed by atoms with Gasteiger partial charge in [0.25, 0.3) is 5.91 Å². The smallest absolute Gasteiger partial charge is 0.276 e. The minimum absolute atomic E-state index is 0.0663. The number of fused-ring (bicyclic) bond motifs is 1. The molecule has 0 saturated carbocycles. The molecule has 134 valence electrons. The van der Waals surface area contributed by atoms with E-state index in [4.69, 9.17) is 9.15 Å². The number of carbonyl (C=O) groups excluding carboxylic acids is 1. The number of aromatic nitrogens is 2. The van der Waals surface area contributed by atoms with Crippen LogP contribution in [0.3, 0.4) is 0 Å². The van der Waals surface area contributed by atoms with Crippen LogP contribution in [0.1, 0.15) is 42.6 Å². The molecule has 3 aromatic rings. The molecule has 0 aliphatic carbocycles. The Morgan fingerprint density at radius 2 is 2.27 bits per heavy atom. The Morgan fingerprint density at radius 1 is 1.35 bits per heavy atom. The van der Waals surface area contributed by atoms with E-state index in [1.54, 1.807) is 12.4 Å². The monoisotopic (exact) mass is 351 g/mol. The quantitative estimate of drug-likeness (QED) is 0.715. The van der Waals surface area contributed by atoms with Crippen molar-refractivity contribution in [1.29, 1.82) is 0 Å². The first-order chi connectivity index (χ1) is 12.7. The number of piperidine rings is 1. The van der Waals surface area contributed by atoms with Crippen molar-refractivity contribution in [3.8, 4) is 5.75 Å². The minimum Gasteiger partial charge on any atom is -0.483 e. The third-order valence-corrected chi connectivity index (χ3v) is 4.83. The van der Waals surface area contributed by atoms with Gasteiger partial charge >= 0.3 is 0 Å². The molecule has 1 saturated heterocycles. The van der Waals surface area contributed by atoms with E-state index in [1.165, 1.54) is 12.7 Å². The molecule has 1 atom stereocenters. The van der Waals surface area contributed by atoms with Crippen LogP contribution in [0.2, 0.25) is 0 Å². The topological polar surface area (TPSA) is 68.5 Å². The lowest BCUT2D eigenvalue weighted by Crippen LogP contribution is -2.42. The highest BCUT2D eigenvalue weighted by Gasteiger charge is 2.26. The van der Waals surface area contributed by atoms with Crippen molar-refractivity contribution in [3.63, 3.8) is 0 Å². The summed E-state index contributed by atoms with van der Waals surface area (Å²) in [5, 5.41) is 1.99. The fourth-order valence-corrected chi connectivity index (χ4v) is 3.38. The average Bonchev–Trinajstić information content (AvgIpc) is 3.15. The number of hydrogen-bond donors (Lipinski definition) is 0. The number of nitrogens with zero attached hydrogens (tertiary/aromatic N) is 3. The van der Waals surface area contributed by atoms with Crippen LogP contribution in [0, 0.1) is 0 Å². The Bertz CT molecular complexity index is 916. The number of benzene rings is 1. The van der Waals surface area contributed by atoms with Crippen molar-refractivity contribution >= 4 is 16.7 Å². The van der Waals surface area contributed by atoms with Crippen LogP contribution in [-0.4, -0.2) is 33.4 Å². The van der Waals surface area contributed by atoms with Crippen LogP contribution in [0.4, 0.5) is 0 Å². The number of rotatable bonds is 4. The zero-order valence-electron chi connectivity index (χ0n) is 14.7. The number of pyridine rings is 1. The molecule has 1 unspecified atom stereocenters. The van der Waals surface area contributed by atoms with Crippen LogP contribution in [0.25, 0.3) is 10.8 Å². The van der Waals surface area contributed by atoms with Gasteiger partial charge in [-0.3, -0.25) is 9.78 Å². The molecular weight excluding hydrogens is 330 g/mol. The van der Waals surface area contributed by atoms with Gasteiger partial charge in [0.2, 0.25) is 5.89 Å². The molecule has 4 rings (SSSR count). The van der Waals surface area contributed by atoms with Crippen LogP contribution < -0.4 is 4.74 Å². The predicted octanol–water partition coefficient (Wildman–Crippen LogP) is 3.82. The molecule has 1 aliphatic rings. The van der Waals surface area contributed by atoms with Gasteiger partial charge < -0.3 is 14.1 Å². The lowest BCUT2D eigenvalue weighted by Gasteiger charge is -2.32. The van der Waals surface area contributed by atoms with E-state index in [9.17, 15) is 4.79 Å². The van der Waals surface area contributed by atoms with E-state index in [-0.39, 0.29) is 18.6 Å². The summed E-state index contributed by atoms with van der Waals surface area (Å²) in [6.07, 6.45) is 8.20. The Kier molecular flexibility index (Phi) is 4.56. The second-order valence-corrected chi connectivity index (χ2v) is 6.61. The van der Waals surface area contributed by atoms with E-state index >= 15 is 0 Å². The predicted molar refractivity (Wildman–Crippen MR) is 96.9 cm³/mol. The third kappa shape index (κ3) is 3.27. The van der Waals surface area contributed by atoms with E-state index in [1.807, 2.05) is 29.2 Å². The molecule has 3 heterocycles. The lowest BCUT2D eigenvalue weighted by atomic mass is 10.0. The Hall–Kier alpha value is -2.89. The van der Waals surface area contributed by atoms with Crippen LogP contribution in [0.5, 0.6) is 5.75 Å². The maximum atomic E-state index is 12.6. The largest absolute Gasteiger partial charge is 0.483 e. The molecule has 1 fully saturated rings. The number of likely N-dealkylation sites (tertiary alicyclic amines) is 1. The highest BCUT2D eigenvalue weighted by atomic mass is 16.5. The Balaban J connectivity index is 1.46. The fraction of sp³-hybridized carbons (Fsp3) is 0.350. The first kappa shape index (κ1) is 16.6. The number of amides is 1. The number of carbonyl (C=O) groups is 1. The zero-order chi connectivity index (χ0) is 17.9. The maximum Gasteiger partial charge on any atom is 0.276 e. The van der Waals surface area contributed by atoms with Crippen LogP contribution >= 0.6 is 0 Å². The van der Waals surface area contributed by atoms with Gasteiger partial charge in [-0.2, -0.15) is 0 Å².